The van der Waals surface area contributed by atoms with Gasteiger partial charge in [-0.25, -0.2) is 4.98 Å². The Balaban J connectivity index is 1.96. The van der Waals surface area contributed by atoms with Gasteiger partial charge in [-0.1, -0.05) is 0 Å². The van der Waals surface area contributed by atoms with Crippen LogP contribution in [0.25, 0.3) is 0 Å². The topological polar surface area (TPSA) is 49.5 Å². The van der Waals surface area contributed by atoms with Crippen molar-refractivity contribution in [1.29, 1.82) is 0 Å². The van der Waals surface area contributed by atoms with Crippen molar-refractivity contribution in [3.05, 3.63) is 17.8 Å². The lowest BCUT2D eigenvalue weighted by atomic mass is 9.95. The van der Waals surface area contributed by atoms with E-state index >= 15 is 0 Å². The van der Waals surface area contributed by atoms with E-state index in [4.69, 9.17) is 9.52 Å². The molecule has 84 valence electrons. The number of aromatic nitrogens is 1. The molecule has 4 nitrogen and oxygen atoms in total. The van der Waals surface area contributed by atoms with Gasteiger partial charge in [-0.2, -0.15) is 0 Å². The number of oxazole rings is 1. The third-order valence-corrected chi connectivity index (χ3v) is 3.02. The van der Waals surface area contributed by atoms with Crippen molar-refractivity contribution in [1.82, 2.24) is 9.88 Å². The molecule has 1 aromatic heterocycles. The summed E-state index contributed by atoms with van der Waals surface area (Å²) < 4.78 is 5.61. The fraction of sp³-hybridized carbons (Fsp3) is 0.727. The number of likely N-dealkylation sites (tertiary alicyclic amines) is 1. The van der Waals surface area contributed by atoms with Gasteiger partial charge in [-0.3, -0.25) is 0 Å². The first kappa shape index (κ1) is 10.6. The number of hydrogen-bond acceptors (Lipinski definition) is 4. The molecule has 2 heterocycles. The van der Waals surface area contributed by atoms with Gasteiger partial charge >= 0.3 is 0 Å². The van der Waals surface area contributed by atoms with Crippen LogP contribution >= 0.6 is 0 Å². The quantitative estimate of drug-likeness (QED) is 0.809. The predicted molar refractivity (Wildman–Crippen MR) is 56.8 cm³/mol. The first-order valence-electron chi connectivity index (χ1n) is 5.53. The third kappa shape index (κ3) is 2.58. The molecule has 1 aliphatic rings. The van der Waals surface area contributed by atoms with Crippen molar-refractivity contribution in [2.24, 2.45) is 0 Å². The molecule has 0 bridgehead atoms. The Morgan fingerprint density at radius 2 is 2.27 bits per heavy atom. The van der Waals surface area contributed by atoms with E-state index < -0.39 is 0 Å². The molecule has 0 saturated carbocycles. The maximum atomic E-state index is 8.77. The minimum absolute atomic E-state index is 0.105. The molecular formula is C11H18N2O2. The van der Waals surface area contributed by atoms with Crippen LogP contribution in [0, 0.1) is 0 Å². The van der Waals surface area contributed by atoms with Gasteiger partial charge in [0.1, 0.15) is 5.76 Å². The van der Waals surface area contributed by atoms with E-state index in [1.807, 2.05) is 6.20 Å². The van der Waals surface area contributed by atoms with E-state index in [-0.39, 0.29) is 6.61 Å². The molecule has 0 atom stereocenters. The molecule has 4 heteroatoms. The molecule has 1 fully saturated rings. The minimum Gasteiger partial charge on any atom is -0.445 e. The van der Waals surface area contributed by atoms with Gasteiger partial charge < -0.3 is 14.4 Å². The van der Waals surface area contributed by atoms with Crippen LogP contribution < -0.4 is 0 Å². The van der Waals surface area contributed by atoms with Gasteiger partial charge in [0.25, 0.3) is 0 Å². The molecule has 1 aromatic rings. The molecule has 1 aliphatic heterocycles. The normalized spacial score (nSPS) is 19.6. The molecule has 0 aliphatic carbocycles. The van der Waals surface area contributed by atoms with Crippen molar-refractivity contribution in [3.8, 4) is 0 Å². The van der Waals surface area contributed by atoms with Crippen LogP contribution in [0.4, 0.5) is 0 Å². The van der Waals surface area contributed by atoms with Crippen LogP contribution in [0.15, 0.2) is 10.6 Å². The summed E-state index contributed by atoms with van der Waals surface area (Å²) in [5.74, 6) is 2.17. The van der Waals surface area contributed by atoms with Gasteiger partial charge in [0.05, 0.1) is 12.8 Å². The highest BCUT2D eigenvalue weighted by Crippen LogP contribution is 2.27. The molecular weight excluding hydrogens is 192 g/mol. The Morgan fingerprint density at radius 1 is 1.53 bits per heavy atom. The Morgan fingerprint density at radius 3 is 2.93 bits per heavy atom. The Kier molecular flexibility index (Phi) is 3.38. The number of hydrogen-bond donors (Lipinski definition) is 1. The molecule has 0 amide bonds. The molecule has 15 heavy (non-hydrogen) atoms. The van der Waals surface area contributed by atoms with Gasteiger partial charge in [-0.15, -0.1) is 0 Å². The van der Waals surface area contributed by atoms with Crippen LogP contribution in [-0.4, -0.2) is 41.7 Å². The fourth-order valence-corrected chi connectivity index (χ4v) is 2.02. The highest BCUT2D eigenvalue weighted by Gasteiger charge is 2.21. The Bertz CT molecular complexity index is 303. The summed E-state index contributed by atoms with van der Waals surface area (Å²) in [6.45, 7) is 2.36. The molecule has 2 rings (SSSR count). The molecule has 0 radical (unpaired) electrons. The van der Waals surface area contributed by atoms with Gasteiger partial charge in [-0.05, 0) is 33.0 Å². The molecule has 0 spiro atoms. The summed E-state index contributed by atoms with van der Waals surface area (Å²) in [5.41, 5.74) is 0. The van der Waals surface area contributed by atoms with E-state index in [9.17, 15) is 0 Å². The first-order valence-corrected chi connectivity index (χ1v) is 5.53. The second-order valence-electron chi connectivity index (χ2n) is 4.21. The van der Waals surface area contributed by atoms with Crippen LogP contribution in [0.2, 0.25) is 0 Å². The first-order chi connectivity index (χ1) is 7.29. The zero-order valence-corrected chi connectivity index (χ0v) is 9.15. The SMILES string of the molecule is CN1CCC(c2cnc(CCO)o2)CC1. The smallest absolute Gasteiger partial charge is 0.196 e. The molecule has 1 saturated heterocycles. The summed E-state index contributed by atoms with van der Waals surface area (Å²) in [6.07, 6.45) is 4.63. The highest BCUT2D eigenvalue weighted by atomic mass is 16.4. The van der Waals surface area contributed by atoms with E-state index in [2.05, 4.69) is 16.9 Å². The highest BCUT2D eigenvalue weighted by molar-refractivity contribution is 5.03. The van der Waals surface area contributed by atoms with Crippen molar-refractivity contribution in [2.45, 2.75) is 25.2 Å². The summed E-state index contributed by atoms with van der Waals surface area (Å²) >= 11 is 0. The number of piperidine rings is 1. The Hall–Kier alpha value is -0.870. The Labute approximate surface area is 89.9 Å². The lowest BCUT2D eigenvalue weighted by molar-refractivity contribution is 0.235. The van der Waals surface area contributed by atoms with Crippen LogP contribution in [-0.2, 0) is 6.42 Å². The largest absolute Gasteiger partial charge is 0.445 e. The summed E-state index contributed by atoms with van der Waals surface area (Å²) in [7, 11) is 2.15. The van der Waals surface area contributed by atoms with Crippen LogP contribution in [0.5, 0.6) is 0 Å². The summed E-state index contributed by atoms with van der Waals surface area (Å²) in [6, 6.07) is 0. The second kappa shape index (κ2) is 4.77. The average molecular weight is 210 g/mol. The summed E-state index contributed by atoms with van der Waals surface area (Å²) in [4.78, 5) is 6.49. The third-order valence-electron chi connectivity index (χ3n) is 3.02. The van der Waals surface area contributed by atoms with E-state index in [1.165, 1.54) is 0 Å². The maximum Gasteiger partial charge on any atom is 0.196 e. The van der Waals surface area contributed by atoms with Crippen molar-refractivity contribution < 1.29 is 9.52 Å². The van der Waals surface area contributed by atoms with Crippen LogP contribution in [0.1, 0.15) is 30.4 Å². The maximum absolute atomic E-state index is 8.77. The second-order valence-corrected chi connectivity index (χ2v) is 4.21. The zero-order valence-electron chi connectivity index (χ0n) is 9.15. The number of aliphatic hydroxyl groups is 1. The molecule has 0 unspecified atom stereocenters. The van der Waals surface area contributed by atoms with E-state index in [0.717, 1.165) is 31.7 Å². The lowest BCUT2D eigenvalue weighted by Crippen LogP contribution is -2.29. The van der Waals surface area contributed by atoms with Crippen molar-refractivity contribution >= 4 is 0 Å². The predicted octanol–water partition coefficient (Wildman–Crippen LogP) is 1.02. The number of nitrogens with zero attached hydrogens (tertiary/aromatic N) is 2. The number of rotatable bonds is 3. The molecule has 0 aromatic carbocycles. The van der Waals surface area contributed by atoms with Crippen molar-refractivity contribution in [2.75, 3.05) is 26.7 Å². The monoisotopic (exact) mass is 210 g/mol. The summed E-state index contributed by atoms with van der Waals surface area (Å²) in [5, 5.41) is 8.77. The number of aliphatic hydroxyl groups excluding tert-OH is 1. The van der Waals surface area contributed by atoms with Gasteiger partial charge in [0.15, 0.2) is 5.89 Å². The van der Waals surface area contributed by atoms with Gasteiger partial charge in [0.2, 0.25) is 0 Å². The van der Waals surface area contributed by atoms with Gasteiger partial charge in [0, 0.05) is 12.3 Å². The van der Waals surface area contributed by atoms with Crippen LogP contribution in [0.3, 0.4) is 0 Å². The van der Waals surface area contributed by atoms with Crippen molar-refractivity contribution in [3.63, 3.8) is 0 Å². The lowest BCUT2D eigenvalue weighted by Gasteiger charge is -2.27. The minimum atomic E-state index is 0.105. The average Bonchev–Trinajstić information content (AvgIpc) is 2.68. The standard InChI is InChI=1S/C11H18N2O2/c1-13-5-2-9(3-6-13)10-8-12-11(15-10)4-7-14/h8-9,14H,2-7H2,1H3. The van der Waals surface area contributed by atoms with E-state index in [1.54, 1.807) is 0 Å². The van der Waals surface area contributed by atoms with E-state index in [0.29, 0.717) is 18.2 Å². The molecule has 1 N–H and O–H groups in total. The fourth-order valence-electron chi connectivity index (χ4n) is 2.02. The zero-order chi connectivity index (χ0) is 10.7.